The summed E-state index contributed by atoms with van der Waals surface area (Å²) in [7, 11) is 0. The maximum atomic E-state index is 10.9. The molecule has 0 spiro atoms. The predicted octanol–water partition coefficient (Wildman–Crippen LogP) is -0.846. The summed E-state index contributed by atoms with van der Waals surface area (Å²) in [6.45, 7) is 6.76. The number of carbonyl (C=O) groups excluding carboxylic acids is 1. The molecule has 1 amide bonds. The Balaban J connectivity index is 2.53. The first-order valence-corrected chi connectivity index (χ1v) is 4.38. The van der Waals surface area contributed by atoms with Crippen LogP contribution in [0.25, 0.3) is 0 Å². The highest BCUT2D eigenvalue weighted by Gasteiger charge is 2.25. The number of piperazine rings is 1. The van der Waals surface area contributed by atoms with Crippen LogP contribution in [0.2, 0.25) is 0 Å². The molecule has 1 rings (SSSR count). The Kier molecular flexibility index (Phi) is 3.05. The average Bonchev–Trinajstić information content (AvgIpc) is 2.04. The minimum Gasteiger partial charge on any atom is -0.368 e. The molecular weight excluding hydrogens is 154 g/mol. The van der Waals surface area contributed by atoms with Crippen molar-refractivity contribution in [3.8, 4) is 0 Å². The standard InChI is InChI=1S/C8H17N3O/c1-6-5-10-3-4-11(6)7(2)8(9)12/h6-7,10H,3-5H2,1-2H3,(H2,9,12)/t6-,7?/m1/s1. The van der Waals surface area contributed by atoms with Crippen molar-refractivity contribution >= 4 is 5.91 Å². The molecule has 1 saturated heterocycles. The molecule has 0 aromatic heterocycles. The Labute approximate surface area is 73.1 Å². The van der Waals surface area contributed by atoms with E-state index >= 15 is 0 Å². The first-order valence-electron chi connectivity index (χ1n) is 4.38. The predicted molar refractivity (Wildman–Crippen MR) is 47.7 cm³/mol. The minimum atomic E-state index is -0.233. The van der Waals surface area contributed by atoms with Gasteiger partial charge in [-0.1, -0.05) is 0 Å². The summed E-state index contributed by atoms with van der Waals surface area (Å²) >= 11 is 0. The third-order valence-electron chi connectivity index (χ3n) is 2.46. The number of nitrogens with one attached hydrogen (secondary N) is 1. The number of primary amides is 1. The van der Waals surface area contributed by atoms with Crippen LogP contribution in [0, 0.1) is 0 Å². The first-order chi connectivity index (χ1) is 5.63. The number of amides is 1. The molecule has 0 aromatic carbocycles. The maximum absolute atomic E-state index is 10.9. The number of carbonyl (C=O) groups is 1. The van der Waals surface area contributed by atoms with E-state index in [1.165, 1.54) is 0 Å². The molecule has 0 radical (unpaired) electrons. The molecule has 1 aliphatic heterocycles. The highest BCUT2D eigenvalue weighted by molar-refractivity contribution is 5.79. The fraction of sp³-hybridized carbons (Fsp3) is 0.875. The molecular formula is C8H17N3O. The van der Waals surface area contributed by atoms with Gasteiger partial charge < -0.3 is 11.1 Å². The van der Waals surface area contributed by atoms with Gasteiger partial charge in [0.05, 0.1) is 6.04 Å². The normalized spacial score (nSPS) is 28.3. The second-order valence-electron chi connectivity index (χ2n) is 3.37. The van der Waals surface area contributed by atoms with Crippen LogP contribution < -0.4 is 11.1 Å². The molecule has 0 aliphatic carbocycles. The number of rotatable bonds is 2. The van der Waals surface area contributed by atoms with Crippen LogP contribution in [0.4, 0.5) is 0 Å². The van der Waals surface area contributed by atoms with Gasteiger partial charge in [-0.05, 0) is 13.8 Å². The highest BCUT2D eigenvalue weighted by atomic mass is 16.1. The zero-order chi connectivity index (χ0) is 9.14. The van der Waals surface area contributed by atoms with Crippen LogP contribution in [0.5, 0.6) is 0 Å². The van der Waals surface area contributed by atoms with E-state index in [0.717, 1.165) is 19.6 Å². The Morgan fingerprint density at radius 3 is 2.92 bits per heavy atom. The SMILES string of the molecule is CC(C(N)=O)N1CCNC[C@H]1C. The molecule has 12 heavy (non-hydrogen) atoms. The van der Waals surface area contributed by atoms with Crippen LogP contribution >= 0.6 is 0 Å². The van der Waals surface area contributed by atoms with Gasteiger partial charge in [-0.15, -0.1) is 0 Å². The minimum absolute atomic E-state index is 0.137. The Bertz CT molecular complexity index is 172. The molecule has 4 heteroatoms. The van der Waals surface area contributed by atoms with Gasteiger partial charge in [-0.25, -0.2) is 0 Å². The fourth-order valence-electron chi connectivity index (χ4n) is 1.60. The van der Waals surface area contributed by atoms with Crippen molar-refractivity contribution in [2.45, 2.75) is 25.9 Å². The van der Waals surface area contributed by atoms with Gasteiger partial charge in [0.2, 0.25) is 5.91 Å². The van der Waals surface area contributed by atoms with E-state index < -0.39 is 0 Å². The molecule has 1 unspecified atom stereocenters. The summed E-state index contributed by atoms with van der Waals surface area (Å²) in [5.41, 5.74) is 5.23. The van der Waals surface area contributed by atoms with E-state index in [0.29, 0.717) is 6.04 Å². The van der Waals surface area contributed by atoms with Crippen LogP contribution in [0.1, 0.15) is 13.8 Å². The van der Waals surface area contributed by atoms with Crippen molar-refractivity contribution in [2.24, 2.45) is 5.73 Å². The van der Waals surface area contributed by atoms with Crippen LogP contribution in [0.15, 0.2) is 0 Å². The lowest BCUT2D eigenvalue weighted by molar-refractivity contribution is -0.123. The van der Waals surface area contributed by atoms with Crippen molar-refractivity contribution in [2.75, 3.05) is 19.6 Å². The molecule has 2 atom stereocenters. The molecule has 1 fully saturated rings. The van der Waals surface area contributed by atoms with Crippen LogP contribution in [-0.4, -0.2) is 42.5 Å². The quantitative estimate of drug-likeness (QED) is 0.569. The number of hydrogen-bond acceptors (Lipinski definition) is 3. The maximum Gasteiger partial charge on any atom is 0.234 e. The Hall–Kier alpha value is -0.610. The lowest BCUT2D eigenvalue weighted by Gasteiger charge is -2.36. The smallest absolute Gasteiger partial charge is 0.234 e. The van der Waals surface area contributed by atoms with Crippen LogP contribution in [0.3, 0.4) is 0 Å². The molecule has 1 aliphatic rings. The third-order valence-corrected chi connectivity index (χ3v) is 2.46. The summed E-state index contributed by atoms with van der Waals surface area (Å²) in [4.78, 5) is 13.0. The summed E-state index contributed by atoms with van der Waals surface area (Å²) < 4.78 is 0. The van der Waals surface area contributed by atoms with E-state index in [-0.39, 0.29) is 11.9 Å². The summed E-state index contributed by atoms with van der Waals surface area (Å²) in [6.07, 6.45) is 0. The fourth-order valence-corrected chi connectivity index (χ4v) is 1.60. The number of hydrogen-bond donors (Lipinski definition) is 2. The van der Waals surface area contributed by atoms with Crippen molar-refractivity contribution in [3.63, 3.8) is 0 Å². The lowest BCUT2D eigenvalue weighted by Crippen LogP contribution is -2.56. The summed E-state index contributed by atoms with van der Waals surface area (Å²) in [5, 5.41) is 3.26. The van der Waals surface area contributed by atoms with E-state index in [2.05, 4.69) is 17.1 Å². The van der Waals surface area contributed by atoms with Crippen LogP contribution in [-0.2, 0) is 4.79 Å². The van der Waals surface area contributed by atoms with Gasteiger partial charge in [0.25, 0.3) is 0 Å². The molecule has 1 heterocycles. The largest absolute Gasteiger partial charge is 0.368 e. The van der Waals surface area contributed by atoms with Gasteiger partial charge >= 0.3 is 0 Å². The topological polar surface area (TPSA) is 58.4 Å². The molecule has 0 aromatic rings. The average molecular weight is 171 g/mol. The van der Waals surface area contributed by atoms with Crippen molar-refractivity contribution < 1.29 is 4.79 Å². The van der Waals surface area contributed by atoms with Gasteiger partial charge in [-0.3, -0.25) is 9.69 Å². The van der Waals surface area contributed by atoms with E-state index in [1.54, 1.807) is 0 Å². The highest BCUT2D eigenvalue weighted by Crippen LogP contribution is 2.06. The van der Waals surface area contributed by atoms with E-state index in [9.17, 15) is 4.79 Å². The van der Waals surface area contributed by atoms with Gasteiger partial charge in [-0.2, -0.15) is 0 Å². The van der Waals surface area contributed by atoms with Gasteiger partial charge in [0, 0.05) is 25.7 Å². The number of nitrogens with two attached hydrogens (primary N) is 1. The summed E-state index contributed by atoms with van der Waals surface area (Å²) in [6, 6.07) is 0.267. The van der Waals surface area contributed by atoms with Crippen molar-refractivity contribution in [1.82, 2.24) is 10.2 Å². The second-order valence-corrected chi connectivity index (χ2v) is 3.37. The van der Waals surface area contributed by atoms with Crippen molar-refractivity contribution in [1.29, 1.82) is 0 Å². The zero-order valence-electron chi connectivity index (χ0n) is 7.71. The summed E-state index contributed by atoms with van der Waals surface area (Å²) in [5.74, 6) is -0.233. The second kappa shape index (κ2) is 3.87. The molecule has 0 saturated carbocycles. The lowest BCUT2D eigenvalue weighted by atomic mass is 10.1. The number of nitrogens with zero attached hydrogens (tertiary/aromatic N) is 1. The van der Waals surface area contributed by atoms with E-state index in [1.807, 2.05) is 6.92 Å². The zero-order valence-corrected chi connectivity index (χ0v) is 7.71. The Morgan fingerprint density at radius 1 is 1.75 bits per heavy atom. The van der Waals surface area contributed by atoms with E-state index in [4.69, 9.17) is 5.73 Å². The monoisotopic (exact) mass is 171 g/mol. The third kappa shape index (κ3) is 1.95. The molecule has 4 nitrogen and oxygen atoms in total. The Morgan fingerprint density at radius 2 is 2.42 bits per heavy atom. The van der Waals surface area contributed by atoms with Gasteiger partial charge in [0.1, 0.15) is 0 Å². The molecule has 0 bridgehead atoms. The molecule has 70 valence electrons. The van der Waals surface area contributed by atoms with Crippen molar-refractivity contribution in [3.05, 3.63) is 0 Å². The first kappa shape index (κ1) is 9.48. The van der Waals surface area contributed by atoms with Gasteiger partial charge in [0.15, 0.2) is 0 Å². The molecule has 3 N–H and O–H groups in total.